The van der Waals surface area contributed by atoms with Gasteiger partial charge in [-0.3, -0.25) is 14.5 Å². The molecule has 0 spiro atoms. The molecule has 1 aliphatic heterocycles. The number of aliphatic hydroxyl groups excluding tert-OH is 1. The summed E-state index contributed by atoms with van der Waals surface area (Å²) in [6.07, 6.45) is 1.43. The molecule has 1 atom stereocenters. The number of aliphatic hydroxyl groups is 1. The van der Waals surface area contributed by atoms with Crippen LogP contribution in [0.25, 0.3) is 5.76 Å². The minimum Gasteiger partial charge on any atom is -0.508 e. The van der Waals surface area contributed by atoms with E-state index >= 15 is 0 Å². The number of Topliss-reactive ketones (excluding diaryl/α,β-unsaturated/α-hetero) is 1. The maximum absolute atomic E-state index is 13.3. The highest BCUT2D eigenvalue weighted by atomic mass is 32.1. The molecule has 1 unspecified atom stereocenters. The number of phenolic OH excluding ortho intramolecular Hbond substituents is 1. The van der Waals surface area contributed by atoms with E-state index in [1.54, 1.807) is 32.0 Å². The van der Waals surface area contributed by atoms with E-state index in [1.165, 1.54) is 18.2 Å². The number of esters is 1. The highest BCUT2D eigenvalue weighted by Gasteiger charge is 2.48. The number of benzene rings is 2. The second-order valence-electron chi connectivity index (χ2n) is 8.38. The van der Waals surface area contributed by atoms with Crippen LogP contribution < -0.4 is 4.90 Å². The summed E-state index contributed by atoms with van der Waals surface area (Å²) >= 11 is 0.905. The maximum Gasteiger partial charge on any atom is 0.350 e. The van der Waals surface area contributed by atoms with Crippen molar-refractivity contribution in [3.05, 3.63) is 93.5 Å². The van der Waals surface area contributed by atoms with Crippen LogP contribution in [0.1, 0.15) is 43.7 Å². The fourth-order valence-corrected chi connectivity index (χ4v) is 5.04. The number of carbonyl (C=O) groups excluding carboxylic acids is 3. The molecule has 0 aliphatic carbocycles. The molecular weight excluding hydrogens is 480 g/mol. The molecule has 1 aromatic heterocycles. The van der Waals surface area contributed by atoms with Crippen molar-refractivity contribution in [1.82, 2.24) is 4.98 Å². The molecule has 9 heteroatoms. The predicted octanol–water partition coefficient (Wildman–Crippen LogP) is 4.74. The lowest BCUT2D eigenvalue weighted by atomic mass is 9.93. The first-order valence-electron chi connectivity index (χ1n) is 11.1. The Labute approximate surface area is 211 Å². The van der Waals surface area contributed by atoms with E-state index in [1.807, 2.05) is 19.1 Å². The van der Waals surface area contributed by atoms with E-state index in [2.05, 4.69) is 11.6 Å². The SMILES string of the molecule is C=CCOC(=O)c1sc(N2C(=O)C(=O)C(=C(O)c3cc(C)ccc3C)C2c2cccc(O)c2)nc1C. The highest BCUT2D eigenvalue weighted by Crippen LogP contribution is 2.44. The number of anilines is 1. The number of aromatic hydroxyl groups is 1. The second kappa shape index (κ2) is 9.79. The van der Waals surface area contributed by atoms with Gasteiger partial charge >= 0.3 is 11.9 Å². The Morgan fingerprint density at radius 2 is 1.94 bits per heavy atom. The Hall–Kier alpha value is -4.24. The van der Waals surface area contributed by atoms with Gasteiger partial charge in [0.25, 0.3) is 5.78 Å². The van der Waals surface area contributed by atoms with E-state index in [9.17, 15) is 24.6 Å². The minimum atomic E-state index is -1.08. The predicted molar refractivity (Wildman–Crippen MR) is 136 cm³/mol. The quantitative estimate of drug-likeness (QED) is 0.164. The zero-order valence-corrected chi connectivity index (χ0v) is 20.8. The third-order valence-corrected chi connectivity index (χ3v) is 6.92. The molecule has 1 amide bonds. The van der Waals surface area contributed by atoms with Crippen molar-refractivity contribution < 1.29 is 29.3 Å². The maximum atomic E-state index is 13.3. The normalized spacial score (nSPS) is 16.9. The molecule has 3 aromatic rings. The number of hydrogen-bond donors (Lipinski definition) is 2. The summed E-state index contributed by atoms with van der Waals surface area (Å²) in [6.45, 7) is 8.77. The van der Waals surface area contributed by atoms with Gasteiger partial charge in [-0.25, -0.2) is 9.78 Å². The average molecular weight is 505 g/mol. The van der Waals surface area contributed by atoms with E-state index in [-0.39, 0.29) is 33.7 Å². The van der Waals surface area contributed by atoms with Gasteiger partial charge in [-0.1, -0.05) is 53.8 Å². The first kappa shape index (κ1) is 24.9. The van der Waals surface area contributed by atoms with Gasteiger partial charge in [-0.05, 0) is 50.1 Å². The topological polar surface area (TPSA) is 117 Å². The number of aromatic nitrogens is 1. The summed E-state index contributed by atoms with van der Waals surface area (Å²) in [5.41, 5.74) is 2.59. The summed E-state index contributed by atoms with van der Waals surface area (Å²) < 4.78 is 5.11. The first-order valence-corrected chi connectivity index (χ1v) is 11.9. The summed E-state index contributed by atoms with van der Waals surface area (Å²) in [4.78, 5) is 44.9. The van der Waals surface area contributed by atoms with Crippen molar-refractivity contribution in [2.24, 2.45) is 0 Å². The molecular formula is C27H24N2O6S. The van der Waals surface area contributed by atoms with Crippen molar-refractivity contribution in [3.8, 4) is 5.75 Å². The van der Waals surface area contributed by atoms with Crippen LogP contribution in [0.15, 0.2) is 60.7 Å². The van der Waals surface area contributed by atoms with Crippen LogP contribution in [0.5, 0.6) is 5.75 Å². The lowest BCUT2D eigenvalue weighted by molar-refractivity contribution is -0.132. The van der Waals surface area contributed by atoms with E-state index < -0.39 is 23.7 Å². The minimum absolute atomic E-state index is 0.00908. The molecule has 184 valence electrons. The second-order valence-corrected chi connectivity index (χ2v) is 9.36. The van der Waals surface area contributed by atoms with Gasteiger partial charge in [0.05, 0.1) is 17.3 Å². The summed E-state index contributed by atoms with van der Waals surface area (Å²) in [6, 6.07) is 10.4. The summed E-state index contributed by atoms with van der Waals surface area (Å²) in [5.74, 6) is -2.84. The van der Waals surface area contributed by atoms with Gasteiger partial charge in [0.1, 0.15) is 23.0 Å². The Balaban J connectivity index is 1.92. The van der Waals surface area contributed by atoms with Crippen LogP contribution in [0.4, 0.5) is 5.13 Å². The molecule has 1 aliphatic rings. The third-order valence-electron chi connectivity index (χ3n) is 5.79. The Morgan fingerprint density at radius 3 is 2.64 bits per heavy atom. The van der Waals surface area contributed by atoms with Gasteiger partial charge in [0.2, 0.25) is 0 Å². The zero-order chi connectivity index (χ0) is 26.1. The Bertz CT molecular complexity index is 1440. The molecule has 2 N–H and O–H groups in total. The summed E-state index contributed by atoms with van der Waals surface area (Å²) in [5, 5.41) is 21.6. The fraction of sp³-hybridized carbons (Fsp3) is 0.185. The standard InChI is InChI=1S/C27H24N2O6S/c1-5-11-35-26(34)24-16(4)28-27(36-24)29-21(17-7-6-8-18(30)13-17)20(23(32)25(29)33)22(31)19-12-14(2)9-10-15(19)3/h5-10,12-13,21,30-31H,1,11H2,2-4H3. The monoisotopic (exact) mass is 504 g/mol. The number of nitrogens with zero attached hydrogens (tertiary/aromatic N) is 2. The van der Waals surface area contributed by atoms with Gasteiger partial charge in [0.15, 0.2) is 5.13 Å². The third kappa shape index (κ3) is 4.40. The van der Waals surface area contributed by atoms with Gasteiger partial charge in [-0.15, -0.1) is 0 Å². The highest BCUT2D eigenvalue weighted by molar-refractivity contribution is 7.17. The number of rotatable bonds is 6. The number of ketones is 1. The van der Waals surface area contributed by atoms with Crippen LogP contribution in [0, 0.1) is 20.8 Å². The number of carbonyl (C=O) groups is 3. The fourth-order valence-electron chi connectivity index (χ4n) is 4.05. The van der Waals surface area contributed by atoms with Crippen molar-refractivity contribution in [1.29, 1.82) is 0 Å². The zero-order valence-electron chi connectivity index (χ0n) is 19.9. The molecule has 2 aromatic carbocycles. The number of aryl methyl sites for hydroxylation is 3. The number of phenols is 1. The van der Waals surface area contributed by atoms with E-state index in [0.29, 0.717) is 16.8 Å². The number of thiazole rings is 1. The van der Waals surface area contributed by atoms with Crippen LogP contribution in [-0.4, -0.2) is 39.5 Å². The van der Waals surface area contributed by atoms with Crippen molar-refractivity contribution in [2.45, 2.75) is 26.8 Å². The number of hydrogen-bond acceptors (Lipinski definition) is 8. The number of ether oxygens (including phenoxy) is 1. The van der Waals surface area contributed by atoms with Crippen LogP contribution in [0.3, 0.4) is 0 Å². The van der Waals surface area contributed by atoms with Crippen molar-refractivity contribution in [2.75, 3.05) is 11.5 Å². The molecule has 0 saturated carbocycles. The van der Waals surface area contributed by atoms with Crippen LogP contribution in [0.2, 0.25) is 0 Å². The molecule has 36 heavy (non-hydrogen) atoms. The molecule has 0 radical (unpaired) electrons. The molecule has 8 nitrogen and oxygen atoms in total. The lowest BCUT2D eigenvalue weighted by Crippen LogP contribution is -2.29. The Kier molecular flexibility index (Phi) is 6.76. The molecule has 4 rings (SSSR count). The molecule has 1 saturated heterocycles. The van der Waals surface area contributed by atoms with Gasteiger partial charge in [0, 0.05) is 5.56 Å². The van der Waals surface area contributed by atoms with Crippen molar-refractivity contribution >= 4 is 39.9 Å². The van der Waals surface area contributed by atoms with E-state index in [4.69, 9.17) is 4.74 Å². The Morgan fingerprint density at radius 1 is 1.19 bits per heavy atom. The average Bonchev–Trinajstić information content (AvgIpc) is 3.35. The van der Waals surface area contributed by atoms with Crippen LogP contribution >= 0.6 is 11.3 Å². The van der Waals surface area contributed by atoms with E-state index in [0.717, 1.165) is 27.4 Å². The van der Waals surface area contributed by atoms with Crippen LogP contribution in [-0.2, 0) is 14.3 Å². The smallest absolute Gasteiger partial charge is 0.350 e. The number of amides is 1. The molecule has 2 heterocycles. The molecule has 1 fully saturated rings. The lowest BCUT2D eigenvalue weighted by Gasteiger charge is -2.23. The van der Waals surface area contributed by atoms with Gasteiger partial charge < -0.3 is 14.9 Å². The summed E-state index contributed by atoms with van der Waals surface area (Å²) in [7, 11) is 0. The largest absolute Gasteiger partial charge is 0.508 e. The first-order chi connectivity index (χ1) is 17.1. The van der Waals surface area contributed by atoms with Gasteiger partial charge in [-0.2, -0.15) is 0 Å². The van der Waals surface area contributed by atoms with Crippen molar-refractivity contribution in [3.63, 3.8) is 0 Å². The molecule has 0 bridgehead atoms.